The van der Waals surface area contributed by atoms with E-state index in [2.05, 4.69) is 15.6 Å². The van der Waals surface area contributed by atoms with Gasteiger partial charge in [0.2, 0.25) is 5.89 Å². The number of urea groups is 1. The molecule has 5 nitrogen and oxygen atoms in total. The summed E-state index contributed by atoms with van der Waals surface area (Å²) in [6.45, 7) is 6.23. The molecule has 1 heterocycles. The summed E-state index contributed by atoms with van der Waals surface area (Å²) >= 11 is 0. The number of carbonyl (C=O) groups is 1. The number of hydrogen-bond acceptors (Lipinski definition) is 3. The largest absolute Gasteiger partial charge is 0.439 e. The molecule has 0 spiro atoms. The predicted molar refractivity (Wildman–Crippen MR) is 98.5 cm³/mol. The maximum atomic E-state index is 12.2. The number of aromatic nitrogens is 1. The first-order valence-corrected chi connectivity index (χ1v) is 8.16. The van der Waals surface area contributed by atoms with E-state index in [0.717, 1.165) is 22.4 Å². The third-order valence-corrected chi connectivity index (χ3v) is 3.93. The van der Waals surface area contributed by atoms with Crippen LogP contribution in [-0.2, 0) is 6.54 Å². The van der Waals surface area contributed by atoms with Gasteiger partial charge >= 0.3 is 6.03 Å². The Morgan fingerprint density at radius 1 is 1.08 bits per heavy atom. The normalized spacial score (nSPS) is 10.5. The van der Waals surface area contributed by atoms with Crippen molar-refractivity contribution in [2.24, 2.45) is 0 Å². The van der Waals surface area contributed by atoms with Gasteiger partial charge in [0.05, 0.1) is 12.7 Å². The molecule has 128 valence electrons. The number of benzene rings is 2. The molecule has 0 unspecified atom stereocenters. The average Bonchev–Trinajstić information content (AvgIpc) is 3.06. The van der Waals surface area contributed by atoms with Gasteiger partial charge in [-0.25, -0.2) is 9.78 Å². The van der Waals surface area contributed by atoms with Gasteiger partial charge in [0.15, 0.2) is 5.76 Å². The standard InChI is InChI=1S/C20H21N3O2/c1-13-9-14(2)19(15(3)10-13)23-20(24)22-12-18-21-11-17(25-18)16-7-5-4-6-8-16/h4-11H,12H2,1-3H3,(H2,22,23,24). The summed E-state index contributed by atoms with van der Waals surface area (Å²) in [6.07, 6.45) is 1.67. The van der Waals surface area contributed by atoms with Crippen LogP contribution in [0.2, 0.25) is 0 Å². The molecule has 2 aromatic carbocycles. The van der Waals surface area contributed by atoms with Crippen molar-refractivity contribution in [1.29, 1.82) is 0 Å². The van der Waals surface area contributed by atoms with E-state index in [9.17, 15) is 4.79 Å². The van der Waals surface area contributed by atoms with Crippen molar-refractivity contribution in [3.63, 3.8) is 0 Å². The zero-order valence-corrected chi connectivity index (χ0v) is 14.6. The summed E-state index contributed by atoms with van der Waals surface area (Å²) in [5, 5.41) is 5.67. The average molecular weight is 335 g/mol. The van der Waals surface area contributed by atoms with Crippen LogP contribution < -0.4 is 10.6 Å². The number of amides is 2. The molecule has 0 bridgehead atoms. The molecule has 25 heavy (non-hydrogen) atoms. The Morgan fingerprint density at radius 3 is 2.44 bits per heavy atom. The van der Waals surface area contributed by atoms with Crippen molar-refractivity contribution < 1.29 is 9.21 Å². The smallest absolute Gasteiger partial charge is 0.319 e. The number of hydrogen-bond donors (Lipinski definition) is 2. The molecule has 2 amide bonds. The van der Waals surface area contributed by atoms with E-state index < -0.39 is 0 Å². The number of carbonyl (C=O) groups excluding carboxylic acids is 1. The number of nitrogens with zero attached hydrogens (tertiary/aromatic N) is 1. The second-order valence-corrected chi connectivity index (χ2v) is 6.07. The van der Waals surface area contributed by atoms with Crippen molar-refractivity contribution in [3.8, 4) is 11.3 Å². The highest BCUT2D eigenvalue weighted by Gasteiger charge is 2.10. The molecular weight excluding hydrogens is 314 g/mol. The minimum atomic E-state index is -0.283. The summed E-state index contributed by atoms with van der Waals surface area (Å²) in [5.74, 6) is 1.15. The fourth-order valence-corrected chi connectivity index (χ4v) is 2.82. The van der Waals surface area contributed by atoms with Crippen molar-refractivity contribution in [2.45, 2.75) is 27.3 Å². The number of aryl methyl sites for hydroxylation is 3. The van der Waals surface area contributed by atoms with E-state index in [1.54, 1.807) is 6.20 Å². The topological polar surface area (TPSA) is 67.2 Å². The first kappa shape index (κ1) is 16.8. The maximum absolute atomic E-state index is 12.2. The van der Waals surface area contributed by atoms with Crippen molar-refractivity contribution in [1.82, 2.24) is 10.3 Å². The van der Waals surface area contributed by atoms with Gasteiger partial charge in [-0.05, 0) is 31.9 Å². The summed E-state index contributed by atoms with van der Waals surface area (Å²) in [5.41, 5.74) is 5.04. The molecule has 0 fully saturated rings. The molecular formula is C20H21N3O2. The van der Waals surface area contributed by atoms with Crippen LogP contribution in [0, 0.1) is 20.8 Å². The Morgan fingerprint density at radius 2 is 1.76 bits per heavy atom. The Kier molecular flexibility index (Phi) is 4.84. The van der Waals surface area contributed by atoms with Gasteiger partial charge in [-0.2, -0.15) is 0 Å². The summed E-state index contributed by atoms with van der Waals surface area (Å²) < 4.78 is 5.68. The Balaban J connectivity index is 1.61. The van der Waals surface area contributed by atoms with Crippen molar-refractivity contribution >= 4 is 11.7 Å². The lowest BCUT2D eigenvalue weighted by Gasteiger charge is -2.13. The maximum Gasteiger partial charge on any atom is 0.319 e. The van der Waals surface area contributed by atoms with E-state index in [1.165, 1.54) is 5.56 Å². The molecule has 0 aliphatic carbocycles. The lowest BCUT2D eigenvalue weighted by molar-refractivity contribution is 0.250. The summed E-state index contributed by atoms with van der Waals surface area (Å²) in [7, 11) is 0. The van der Waals surface area contributed by atoms with Gasteiger partial charge in [0, 0.05) is 11.3 Å². The van der Waals surface area contributed by atoms with Crippen LogP contribution in [-0.4, -0.2) is 11.0 Å². The first-order chi connectivity index (χ1) is 12.0. The molecule has 0 saturated heterocycles. The summed E-state index contributed by atoms with van der Waals surface area (Å²) in [4.78, 5) is 16.4. The van der Waals surface area contributed by atoms with Crippen LogP contribution in [0.3, 0.4) is 0 Å². The van der Waals surface area contributed by atoms with E-state index in [1.807, 2.05) is 63.2 Å². The number of nitrogens with one attached hydrogen (secondary N) is 2. The van der Waals surface area contributed by atoms with Crippen LogP contribution in [0.25, 0.3) is 11.3 Å². The molecule has 3 aromatic rings. The van der Waals surface area contributed by atoms with Gasteiger partial charge in [0.25, 0.3) is 0 Å². The number of anilines is 1. The highest BCUT2D eigenvalue weighted by molar-refractivity contribution is 5.91. The van der Waals surface area contributed by atoms with Gasteiger partial charge in [-0.1, -0.05) is 48.0 Å². The van der Waals surface area contributed by atoms with Crippen LogP contribution >= 0.6 is 0 Å². The molecule has 3 rings (SSSR count). The minimum Gasteiger partial charge on any atom is -0.439 e. The molecule has 0 aliphatic heterocycles. The zero-order valence-electron chi connectivity index (χ0n) is 14.6. The number of oxazole rings is 1. The SMILES string of the molecule is Cc1cc(C)c(NC(=O)NCc2ncc(-c3ccccc3)o2)c(C)c1. The lowest BCUT2D eigenvalue weighted by atomic mass is 10.1. The van der Waals surface area contributed by atoms with E-state index in [4.69, 9.17) is 4.42 Å². The highest BCUT2D eigenvalue weighted by Crippen LogP contribution is 2.22. The zero-order chi connectivity index (χ0) is 17.8. The molecule has 1 aromatic heterocycles. The van der Waals surface area contributed by atoms with Crippen molar-refractivity contribution in [3.05, 3.63) is 71.2 Å². The van der Waals surface area contributed by atoms with E-state index in [0.29, 0.717) is 11.7 Å². The minimum absolute atomic E-state index is 0.225. The third kappa shape index (κ3) is 4.07. The molecule has 0 radical (unpaired) electrons. The van der Waals surface area contributed by atoms with Crippen LogP contribution in [0.4, 0.5) is 10.5 Å². The first-order valence-electron chi connectivity index (χ1n) is 8.16. The predicted octanol–water partition coefficient (Wildman–Crippen LogP) is 4.59. The summed E-state index contributed by atoms with van der Waals surface area (Å²) in [6, 6.07) is 13.5. The third-order valence-electron chi connectivity index (χ3n) is 3.93. The van der Waals surface area contributed by atoms with Crippen LogP contribution in [0.5, 0.6) is 0 Å². The fourth-order valence-electron chi connectivity index (χ4n) is 2.82. The van der Waals surface area contributed by atoms with Gasteiger partial charge < -0.3 is 15.1 Å². The molecule has 5 heteroatoms. The Bertz CT molecular complexity index is 862. The Labute approximate surface area is 147 Å². The van der Waals surface area contributed by atoms with E-state index >= 15 is 0 Å². The van der Waals surface area contributed by atoms with Gasteiger partial charge in [-0.15, -0.1) is 0 Å². The monoisotopic (exact) mass is 335 g/mol. The van der Waals surface area contributed by atoms with Gasteiger partial charge in [-0.3, -0.25) is 0 Å². The second kappa shape index (κ2) is 7.21. The fraction of sp³-hybridized carbons (Fsp3) is 0.200. The second-order valence-electron chi connectivity index (χ2n) is 6.07. The molecule has 0 aliphatic rings. The molecule has 2 N–H and O–H groups in total. The lowest BCUT2D eigenvalue weighted by Crippen LogP contribution is -2.29. The van der Waals surface area contributed by atoms with E-state index in [-0.39, 0.29) is 12.6 Å². The van der Waals surface area contributed by atoms with Crippen molar-refractivity contribution in [2.75, 3.05) is 5.32 Å². The molecule has 0 saturated carbocycles. The quantitative estimate of drug-likeness (QED) is 0.733. The van der Waals surface area contributed by atoms with Gasteiger partial charge in [0.1, 0.15) is 0 Å². The van der Waals surface area contributed by atoms with Crippen LogP contribution in [0.1, 0.15) is 22.6 Å². The highest BCUT2D eigenvalue weighted by atomic mass is 16.4. The molecule has 0 atom stereocenters. The number of rotatable bonds is 4. The van der Waals surface area contributed by atoms with Crippen LogP contribution in [0.15, 0.2) is 53.1 Å². The Hall–Kier alpha value is -3.08.